The fourth-order valence-electron chi connectivity index (χ4n) is 2.51. The Hall–Kier alpha value is -3.34. The molecule has 4 N–H and O–H groups in total. The van der Waals surface area contributed by atoms with Gasteiger partial charge in [0.2, 0.25) is 11.8 Å². The van der Waals surface area contributed by atoms with Crippen molar-refractivity contribution in [1.29, 1.82) is 5.26 Å². The second-order valence-electron chi connectivity index (χ2n) is 5.38. The molecule has 2 rings (SSSR count). The van der Waals surface area contributed by atoms with Crippen LogP contribution in [0.15, 0.2) is 18.2 Å². The molecule has 0 saturated carbocycles. The van der Waals surface area contributed by atoms with Crippen molar-refractivity contribution in [2.45, 2.75) is 25.7 Å². The maximum atomic E-state index is 10.8. The largest absolute Gasteiger partial charge is 0.496 e. The fourth-order valence-corrected chi connectivity index (χ4v) is 2.51. The fraction of sp³-hybridized carbons (Fsp3) is 0.294. The number of nitrogens with two attached hydrogens (primary N) is 1. The number of methoxy groups -OCH3 is 1. The molecule has 0 aliphatic carbocycles. The number of aromatic nitrogens is 2. The summed E-state index contributed by atoms with van der Waals surface area (Å²) < 4.78 is 5.33. The van der Waals surface area contributed by atoms with E-state index in [9.17, 15) is 9.90 Å². The zero-order valence-corrected chi connectivity index (χ0v) is 13.7. The Labute approximate surface area is 144 Å². The summed E-state index contributed by atoms with van der Waals surface area (Å²) in [6, 6.07) is 7.42. The van der Waals surface area contributed by atoms with E-state index in [4.69, 9.17) is 20.8 Å². The number of nitrogen functional groups attached to an aromatic ring is 1. The van der Waals surface area contributed by atoms with Crippen molar-refractivity contribution in [3.05, 3.63) is 40.6 Å². The number of benzene rings is 1. The van der Waals surface area contributed by atoms with Gasteiger partial charge >= 0.3 is 5.97 Å². The number of anilines is 1. The second kappa shape index (κ2) is 7.97. The normalized spacial score (nSPS) is 10.2. The molecule has 8 heteroatoms. The van der Waals surface area contributed by atoms with Gasteiger partial charge in [0.1, 0.15) is 5.75 Å². The summed E-state index contributed by atoms with van der Waals surface area (Å²) in [7, 11) is 1.52. The van der Waals surface area contributed by atoms with Gasteiger partial charge in [0.25, 0.3) is 0 Å². The molecule has 0 aliphatic heterocycles. The topological polar surface area (TPSA) is 142 Å². The first-order chi connectivity index (χ1) is 11.9. The molecule has 0 fully saturated rings. The Morgan fingerprint density at radius 1 is 1.40 bits per heavy atom. The summed E-state index contributed by atoms with van der Waals surface area (Å²) in [6.07, 6.45) is 0.441. The molecule has 1 heterocycles. The van der Waals surface area contributed by atoms with Crippen LogP contribution in [-0.4, -0.2) is 33.3 Å². The lowest BCUT2D eigenvalue weighted by Crippen LogP contribution is -2.08. The zero-order chi connectivity index (χ0) is 18.4. The number of carbonyl (C=O) groups is 1. The molecule has 0 spiro atoms. The van der Waals surface area contributed by atoms with Gasteiger partial charge < -0.3 is 20.7 Å². The van der Waals surface area contributed by atoms with E-state index >= 15 is 0 Å². The van der Waals surface area contributed by atoms with Gasteiger partial charge in [0.15, 0.2) is 0 Å². The molecule has 25 heavy (non-hydrogen) atoms. The highest BCUT2D eigenvalue weighted by Gasteiger charge is 2.17. The third-order valence-electron chi connectivity index (χ3n) is 3.66. The lowest BCUT2D eigenvalue weighted by atomic mass is 9.98. The van der Waals surface area contributed by atoms with E-state index in [0.717, 1.165) is 11.1 Å². The summed E-state index contributed by atoms with van der Waals surface area (Å²) in [5, 5.41) is 27.9. The van der Waals surface area contributed by atoms with Crippen LogP contribution in [0.3, 0.4) is 0 Å². The Morgan fingerprint density at radius 3 is 2.80 bits per heavy atom. The maximum Gasteiger partial charge on any atom is 0.303 e. The minimum atomic E-state index is -0.976. The van der Waals surface area contributed by atoms with Gasteiger partial charge in [-0.05, 0) is 17.2 Å². The van der Waals surface area contributed by atoms with Crippen molar-refractivity contribution in [3.63, 3.8) is 0 Å². The first kappa shape index (κ1) is 18.0. The highest BCUT2D eigenvalue weighted by Crippen LogP contribution is 2.28. The molecule has 0 radical (unpaired) electrons. The lowest BCUT2D eigenvalue weighted by Gasteiger charge is -2.13. The molecule has 8 nitrogen and oxygen atoms in total. The van der Waals surface area contributed by atoms with Crippen molar-refractivity contribution < 1.29 is 19.7 Å². The maximum absolute atomic E-state index is 10.8. The summed E-state index contributed by atoms with van der Waals surface area (Å²) in [5.41, 5.74) is 7.86. The predicted molar refractivity (Wildman–Crippen MR) is 89.2 cm³/mol. The average Bonchev–Trinajstić information content (AvgIpc) is 2.56. The number of carboxylic acid groups (broad SMARTS) is 1. The summed E-state index contributed by atoms with van der Waals surface area (Å²) >= 11 is 0. The first-order valence-corrected chi connectivity index (χ1v) is 7.53. The van der Waals surface area contributed by atoms with Crippen molar-refractivity contribution in [1.82, 2.24) is 9.97 Å². The van der Waals surface area contributed by atoms with E-state index in [-0.39, 0.29) is 37.5 Å². The van der Waals surface area contributed by atoms with E-state index in [1.807, 2.05) is 0 Å². The molecular formula is C17H18N4O4. The molecule has 130 valence electrons. The molecule has 0 saturated heterocycles. The summed E-state index contributed by atoms with van der Waals surface area (Å²) in [6.45, 7) is 0. The molecule has 0 unspecified atom stereocenters. The highest BCUT2D eigenvalue weighted by atomic mass is 16.5. The molecule has 0 bridgehead atoms. The standard InChI is InChI=1S/C17H18N4O4/c1-25-14-4-2-10(6-7-18)8-11(14)9-12-13(3-5-15(22)23)20-17(19)21-16(12)24/h2,4,8H,3,5-6,9H2,1H3,(H,22,23)(H3,19,20,21,24). The van der Waals surface area contributed by atoms with Crippen LogP contribution in [0.25, 0.3) is 0 Å². The SMILES string of the molecule is COc1ccc(CC#N)cc1Cc1c(O)nc(N)nc1CCC(=O)O. The van der Waals surface area contributed by atoms with Gasteiger partial charge in [0.05, 0.1) is 31.7 Å². The van der Waals surface area contributed by atoms with Crippen LogP contribution in [0.4, 0.5) is 5.95 Å². The second-order valence-corrected chi connectivity index (χ2v) is 5.38. The zero-order valence-electron chi connectivity index (χ0n) is 13.7. The van der Waals surface area contributed by atoms with Crippen LogP contribution in [0.1, 0.15) is 28.8 Å². The van der Waals surface area contributed by atoms with Gasteiger partial charge in [-0.25, -0.2) is 4.98 Å². The number of aryl methyl sites for hydroxylation is 1. The molecule has 0 aliphatic rings. The molecule has 0 amide bonds. The van der Waals surface area contributed by atoms with Gasteiger partial charge in [-0.1, -0.05) is 12.1 Å². The van der Waals surface area contributed by atoms with E-state index in [1.165, 1.54) is 7.11 Å². The highest BCUT2D eigenvalue weighted by molar-refractivity contribution is 5.67. The van der Waals surface area contributed by atoms with Gasteiger partial charge in [0, 0.05) is 18.4 Å². The minimum absolute atomic E-state index is 0.116. The van der Waals surface area contributed by atoms with Crippen molar-refractivity contribution in [2.75, 3.05) is 12.8 Å². The Kier molecular flexibility index (Phi) is 5.74. The van der Waals surface area contributed by atoms with Crippen molar-refractivity contribution >= 4 is 11.9 Å². The van der Waals surface area contributed by atoms with E-state index in [1.54, 1.807) is 18.2 Å². The number of carboxylic acids is 1. The van der Waals surface area contributed by atoms with Crippen LogP contribution in [0, 0.1) is 11.3 Å². The number of rotatable bonds is 7. The van der Waals surface area contributed by atoms with Crippen molar-refractivity contribution in [3.8, 4) is 17.7 Å². The van der Waals surface area contributed by atoms with E-state index in [0.29, 0.717) is 17.0 Å². The Balaban J connectivity index is 2.43. The third-order valence-corrected chi connectivity index (χ3v) is 3.66. The monoisotopic (exact) mass is 342 g/mol. The van der Waals surface area contributed by atoms with Gasteiger partial charge in [-0.3, -0.25) is 4.79 Å². The van der Waals surface area contributed by atoms with Gasteiger partial charge in [-0.2, -0.15) is 10.2 Å². The van der Waals surface area contributed by atoms with Crippen LogP contribution in [0.2, 0.25) is 0 Å². The lowest BCUT2D eigenvalue weighted by molar-refractivity contribution is -0.136. The third kappa shape index (κ3) is 4.57. The number of aromatic hydroxyl groups is 1. The van der Waals surface area contributed by atoms with Crippen LogP contribution in [-0.2, 0) is 24.1 Å². The van der Waals surface area contributed by atoms with Crippen LogP contribution >= 0.6 is 0 Å². The molecule has 0 atom stereocenters. The smallest absolute Gasteiger partial charge is 0.303 e. The van der Waals surface area contributed by atoms with Gasteiger partial charge in [-0.15, -0.1) is 0 Å². The number of nitrogens with zero attached hydrogens (tertiary/aromatic N) is 3. The van der Waals surface area contributed by atoms with Crippen LogP contribution < -0.4 is 10.5 Å². The van der Waals surface area contributed by atoms with E-state index < -0.39 is 5.97 Å². The molecule has 1 aromatic heterocycles. The van der Waals surface area contributed by atoms with Crippen molar-refractivity contribution in [2.24, 2.45) is 0 Å². The molecular weight excluding hydrogens is 324 g/mol. The van der Waals surface area contributed by atoms with E-state index in [2.05, 4.69) is 16.0 Å². The number of hydrogen-bond acceptors (Lipinski definition) is 7. The Bertz CT molecular complexity index is 830. The first-order valence-electron chi connectivity index (χ1n) is 7.53. The molecule has 2 aromatic rings. The average molecular weight is 342 g/mol. The molecule has 1 aromatic carbocycles. The summed E-state index contributed by atoms with van der Waals surface area (Å²) in [4.78, 5) is 18.7. The summed E-state index contributed by atoms with van der Waals surface area (Å²) in [5.74, 6) is -0.800. The predicted octanol–water partition coefficient (Wildman–Crippen LogP) is 1.45. The quantitative estimate of drug-likeness (QED) is 0.686. The van der Waals surface area contributed by atoms with Crippen LogP contribution in [0.5, 0.6) is 11.6 Å². The number of nitriles is 1. The Morgan fingerprint density at radius 2 is 2.16 bits per heavy atom. The minimum Gasteiger partial charge on any atom is -0.496 e. The number of hydrogen-bond donors (Lipinski definition) is 3. The number of ether oxygens (including phenoxy) is 1. The number of aliphatic carboxylic acids is 1.